The Bertz CT molecular complexity index is 496. The molecule has 0 saturated carbocycles. The number of benzene rings is 1. The molecule has 5 heteroatoms. The average Bonchev–Trinajstić information content (AvgIpc) is 2.37. The van der Waals surface area contributed by atoms with Gasteiger partial charge < -0.3 is 10.1 Å². The van der Waals surface area contributed by atoms with Gasteiger partial charge in [0.05, 0.1) is 10.5 Å². The minimum absolute atomic E-state index is 0.0184. The van der Waals surface area contributed by atoms with Gasteiger partial charge in [0.25, 0.3) is 5.91 Å². The summed E-state index contributed by atoms with van der Waals surface area (Å²) < 4.78 is 6.19. The summed E-state index contributed by atoms with van der Waals surface area (Å²) in [5.74, 6) is 0.305. The van der Waals surface area contributed by atoms with Gasteiger partial charge in [0, 0.05) is 0 Å². The summed E-state index contributed by atoms with van der Waals surface area (Å²) in [6.45, 7) is 5.36. The first-order valence-electron chi connectivity index (χ1n) is 5.98. The van der Waals surface area contributed by atoms with Crippen LogP contribution in [0.15, 0.2) is 28.7 Å². The average molecular weight is 325 g/mol. The third-order valence-corrected chi connectivity index (χ3v) is 3.64. The number of halogens is 1. The molecule has 0 aliphatic heterocycles. The van der Waals surface area contributed by atoms with Gasteiger partial charge in [0.1, 0.15) is 11.3 Å². The fraction of sp³-hybridized carbons (Fsp3) is 0.429. The van der Waals surface area contributed by atoms with Crippen molar-refractivity contribution in [2.45, 2.75) is 26.3 Å². The number of para-hydroxylation sites is 1. The third-order valence-electron chi connectivity index (χ3n) is 2.98. The number of nitriles is 1. The van der Waals surface area contributed by atoms with Crippen LogP contribution in [0.2, 0.25) is 0 Å². The van der Waals surface area contributed by atoms with E-state index in [2.05, 4.69) is 27.3 Å². The van der Waals surface area contributed by atoms with Crippen molar-refractivity contribution in [3.63, 3.8) is 0 Å². The zero-order chi connectivity index (χ0) is 14.5. The molecule has 1 aromatic carbocycles. The predicted octanol–water partition coefficient (Wildman–Crippen LogP) is 2.88. The van der Waals surface area contributed by atoms with E-state index in [4.69, 9.17) is 10.00 Å². The summed E-state index contributed by atoms with van der Waals surface area (Å²) in [4.78, 5) is 11.8. The van der Waals surface area contributed by atoms with Crippen molar-refractivity contribution in [3.05, 3.63) is 28.7 Å². The van der Waals surface area contributed by atoms with Crippen molar-refractivity contribution in [2.24, 2.45) is 5.92 Å². The van der Waals surface area contributed by atoms with Crippen molar-refractivity contribution >= 4 is 21.8 Å². The van der Waals surface area contributed by atoms with Gasteiger partial charge >= 0.3 is 0 Å². The van der Waals surface area contributed by atoms with Gasteiger partial charge in [-0.1, -0.05) is 26.0 Å². The molecule has 0 unspecified atom stereocenters. The maximum Gasteiger partial charge on any atom is 0.259 e. The van der Waals surface area contributed by atoms with E-state index in [-0.39, 0.29) is 18.4 Å². The maximum atomic E-state index is 11.8. The lowest BCUT2D eigenvalue weighted by Gasteiger charge is -2.27. The van der Waals surface area contributed by atoms with Crippen LogP contribution in [-0.2, 0) is 4.79 Å². The molecule has 0 heterocycles. The largest absolute Gasteiger partial charge is 0.483 e. The molecule has 1 atom stereocenters. The molecule has 0 aromatic heterocycles. The molecule has 1 N–H and O–H groups in total. The Morgan fingerprint density at radius 2 is 2.16 bits per heavy atom. The first-order chi connectivity index (χ1) is 8.89. The van der Waals surface area contributed by atoms with E-state index < -0.39 is 5.54 Å². The normalized spacial score (nSPS) is 13.5. The molecule has 102 valence electrons. The Balaban J connectivity index is 2.58. The molecule has 1 amide bonds. The number of nitrogens with one attached hydrogen (secondary N) is 1. The zero-order valence-electron chi connectivity index (χ0n) is 11.2. The first-order valence-corrected chi connectivity index (χ1v) is 6.78. The molecular formula is C14H17BrN2O2. The number of carbonyl (C=O) groups is 1. The lowest BCUT2D eigenvalue weighted by molar-refractivity contribution is -0.124. The fourth-order valence-electron chi connectivity index (χ4n) is 1.33. The zero-order valence-corrected chi connectivity index (χ0v) is 12.8. The van der Waals surface area contributed by atoms with Crippen molar-refractivity contribution < 1.29 is 9.53 Å². The highest BCUT2D eigenvalue weighted by Gasteiger charge is 2.30. The predicted molar refractivity (Wildman–Crippen MR) is 76.6 cm³/mol. The summed E-state index contributed by atoms with van der Waals surface area (Å²) in [5, 5.41) is 11.8. The molecule has 1 rings (SSSR count). The summed E-state index contributed by atoms with van der Waals surface area (Å²) in [6, 6.07) is 9.41. The fourth-order valence-corrected chi connectivity index (χ4v) is 1.73. The summed E-state index contributed by atoms with van der Waals surface area (Å²) in [6.07, 6.45) is 0. The molecule has 0 saturated heterocycles. The van der Waals surface area contributed by atoms with E-state index in [0.717, 1.165) is 4.47 Å². The van der Waals surface area contributed by atoms with E-state index >= 15 is 0 Å². The van der Waals surface area contributed by atoms with Crippen molar-refractivity contribution in [2.75, 3.05) is 6.61 Å². The first kappa shape index (κ1) is 15.5. The second kappa shape index (κ2) is 6.58. The molecule has 0 bridgehead atoms. The van der Waals surface area contributed by atoms with Crippen LogP contribution in [0, 0.1) is 17.2 Å². The van der Waals surface area contributed by atoms with Gasteiger partial charge in [-0.2, -0.15) is 5.26 Å². The minimum atomic E-state index is -0.881. The Morgan fingerprint density at radius 1 is 1.53 bits per heavy atom. The molecule has 19 heavy (non-hydrogen) atoms. The molecule has 0 aliphatic carbocycles. The van der Waals surface area contributed by atoms with Crippen LogP contribution in [0.3, 0.4) is 0 Å². The van der Waals surface area contributed by atoms with Gasteiger partial charge in [-0.25, -0.2) is 0 Å². The van der Waals surface area contributed by atoms with Crippen LogP contribution in [0.25, 0.3) is 0 Å². The monoisotopic (exact) mass is 324 g/mol. The van der Waals surface area contributed by atoms with E-state index in [1.54, 1.807) is 13.0 Å². The lowest BCUT2D eigenvalue weighted by Crippen LogP contribution is -2.50. The molecular weight excluding hydrogens is 308 g/mol. The van der Waals surface area contributed by atoms with E-state index in [0.29, 0.717) is 5.75 Å². The van der Waals surface area contributed by atoms with Crippen LogP contribution in [0.4, 0.5) is 0 Å². The van der Waals surface area contributed by atoms with E-state index in [1.807, 2.05) is 32.0 Å². The Hall–Kier alpha value is -1.54. The van der Waals surface area contributed by atoms with Crippen LogP contribution in [0.5, 0.6) is 5.75 Å². The number of hydrogen-bond donors (Lipinski definition) is 1. The SMILES string of the molecule is CC(C)[C@@](C)(C#N)NC(=O)COc1ccccc1Br. The molecule has 0 spiro atoms. The topological polar surface area (TPSA) is 62.1 Å². The molecule has 1 aromatic rings. The molecule has 0 radical (unpaired) electrons. The summed E-state index contributed by atoms with van der Waals surface area (Å²) >= 11 is 3.34. The van der Waals surface area contributed by atoms with Crippen LogP contribution < -0.4 is 10.1 Å². The number of carbonyl (C=O) groups excluding carboxylic acids is 1. The quantitative estimate of drug-likeness (QED) is 0.905. The standard InChI is InChI=1S/C14H17BrN2O2/c1-10(2)14(3,9-16)17-13(18)8-19-12-7-5-4-6-11(12)15/h4-7,10H,8H2,1-3H3,(H,17,18)/t14-/m1/s1. The number of nitrogens with zero attached hydrogens (tertiary/aromatic N) is 1. The van der Waals surface area contributed by atoms with Crippen LogP contribution in [0.1, 0.15) is 20.8 Å². The van der Waals surface area contributed by atoms with E-state index in [1.165, 1.54) is 0 Å². The number of rotatable bonds is 5. The second-order valence-corrected chi connectivity index (χ2v) is 5.59. The summed E-state index contributed by atoms with van der Waals surface area (Å²) in [7, 11) is 0. The summed E-state index contributed by atoms with van der Waals surface area (Å²) in [5.41, 5.74) is -0.881. The van der Waals surface area contributed by atoms with Crippen LogP contribution in [-0.4, -0.2) is 18.1 Å². The van der Waals surface area contributed by atoms with Gasteiger partial charge in [-0.3, -0.25) is 4.79 Å². The Labute approximate surface area is 121 Å². The lowest BCUT2D eigenvalue weighted by atomic mass is 9.90. The van der Waals surface area contributed by atoms with Crippen LogP contribution >= 0.6 is 15.9 Å². The number of hydrogen-bond acceptors (Lipinski definition) is 3. The third kappa shape index (κ3) is 4.25. The highest BCUT2D eigenvalue weighted by atomic mass is 79.9. The van der Waals surface area contributed by atoms with Gasteiger partial charge in [-0.05, 0) is 40.9 Å². The smallest absolute Gasteiger partial charge is 0.259 e. The van der Waals surface area contributed by atoms with Gasteiger partial charge in [0.15, 0.2) is 6.61 Å². The van der Waals surface area contributed by atoms with Gasteiger partial charge in [-0.15, -0.1) is 0 Å². The Kier molecular flexibility index (Phi) is 5.37. The maximum absolute atomic E-state index is 11.8. The molecule has 0 fully saturated rings. The number of amides is 1. The van der Waals surface area contributed by atoms with Crippen molar-refractivity contribution in [1.29, 1.82) is 5.26 Å². The minimum Gasteiger partial charge on any atom is -0.483 e. The number of ether oxygens (including phenoxy) is 1. The van der Waals surface area contributed by atoms with Gasteiger partial charge in [0.2, 0.25) is 0 Å². The van der Waals surface area contributed by atoms with E-state index in [9.17, 15) is 4.79 Å². The second-order valence-electron chi connectivity index (χ2n) is 4.74. The highest BCUT2D eigenvalue weighted by Crippen LogP contribution is 2.23. The van der Waals surface area contributed by atoms with Crippen molar-refractivity contribution in [1.82, 2.24) is 5.32 Å². The molecule has 4 nitrogen and oxygen atoms in total. The highest BCUT2D eigenvalue weighted by molar-refractivity contribution is 9.10. The Morgan fingerprint density at radius 3 is 2.68 bits per heavy atom. The molecule has 0 aliphatic rings. The van der Waals surface area contributed by atoms with Crippen molar-refractivity contribution in [3.8, 4) is 11.8 Å².